The molecule has 4 amide bonds. The average molecular weight is 441 g/mol. The van der Waals surface area contributed by atoms with E-state index in [1.165, 1.54) is 19.1 Å². The number of halogens is 3. The Hall–Kier alpha value is -3.88. The molecule has 2 N–H and O–H groups in total. The number of imide groups is 1. The Morgan fingerprint density at radius 1 is 1.00 bits per heavy atom. The lowest BCUT2D eigenvalue weighted by atomic mass is 9.88. The highest BCUT2D eigenvalue weighted by Gasteiger charge is 2.50. The number of carbonyl (C=O) groups excluding carboxylic acids is 3. The molecule has 164 valence electrons. The van der Waals surface area contributed by atoms with Crippen molar-refractivity contribution >= 4 is 34.3 Å². The number of carbonyl (C=O) groups is 3. The van der Waals surface area contributed by atoms with Gasteiger partial charge in [-0.25, -0.2) is 4.79 Å². The number of amides is 4. The van der Waals surface area contributed by atoms with Crippen LogP contribution >= 0.6 is 0 Å². The smallest absolute Gasteiger partial charge is 0.324 e. The third-order valence-corrected chi connectivity index (χ3v) is 5.41. The van der Waals surface area contributed by atoms with Crippen molar-refractivity contribution in [3.63, 3.8) is 0 Å². The molecular formula is C23H18F3N3O3. The summed E-state index contributed by atoms with van der Waals surface area (Å²) in [7, 11) is 0. The van der Waals surface area contributed by atoms with Gasteiger partial charge in [-0.2, -0.15) is 13.2 Å². The van der Waals surface area contributed by atoms with Gasteiger partial charge in [-0.3, -0.25) is 14.5 Å². The van der Waals surface area contributed by atoms with Crippen LogP contribution in [0.1, 0.15) is 18.1 Å². The Morgan fingerprint density at radius 2 is 1.66 bits per heavy atom. The van der Waals surface area contributed by atoms with Crippen molar-refractivity contribution in [3.8, 4) is 0 Å². The summed E-state index contributed by atoms with van der Waals surface area (Å²) >= 11 is 0. The minimum atomic E-state index is -4.67. The van der Waals surface area contributed by atoms with Crippen molar-refractivity contribution in [2.75, 3.05) is 11.9 Å². The molecule has 9 heteroatoms. The number of hydrogen-bond acceptors (Lipinski definition) is 3. The molecule has 1 unspecified atom stereocenters. The van der Waals surface area contributed by atoms with E-state index in [1.807, 2.05) is 24.3 Å². The molecular weight excluding hydrogens is 423 g/mol. The second-order valence-electron chi connectivity index (χ2n) is 7.56. The summed E-state index contributed by atoms with van der Waals surface area (Å²) < 4.78 is 39.5. The van der Waals surface area contributed by atoms with E-state index in [2.05, 4.69) is 10.6 Å². The minimum absolute atomic E-state index is 0.450. The second kappa shape index (κ2) is 7.67. The monoisotopic (exact) mass is 441 g/mol. The van der Waals surface area contributed by atoms with E-state index in [4.69, 9.17) is 0 Å². The fourth-order valence-corrected chi connectivity index (χ4v) is 3.86. The van der Waals surface area contributed by atoms with Gasteiger partial charge in [0, 0.05) is 0 Å². The average Bonchev–Trinajstić information content (AvgIpc) is 2.96. The molecule has 1 heterocycles. The molecule has 32 heavy (non-hydrogen) atoms. The molecule has 6 nitrogen and oxygen atoms in total. The van der Waals surface area contributed by atoms with Gasteiger partial charge in [-0.15, -0.1) is 0 Å². The lowest BCUT2D eigenvalue weighted by molar-refractivity contribution is -0.137. The van der Waals surface area contributed by atoms with Crippen molar-refractivity contribution in [2.45, 2.75) is 18.6 Å². The highest BCUT2D eigenvalue weighted by molar-refractivity contribution is 6.11. The number of urea groups is 1. The summed E-state index contributed by atoms with van der Waals surface area (Å²) in [6.45, 7) is 0.809. The van der Waals surface area contributed by atoms with E-state index in [9.17, 15) is 27.6 Å². The highest BCUT2D eigenvalue weighted by Crippen LogP contribution is 2.35. The van der Waals surface area contributed by atoms with Crippen LogP contribution in [-0.2, 0) is 21.3 Å². The zero-order valence-corrected chi connectivity index (χ0v) is 16.9. The van der Waals surface area contributed by atoms with Gasteiger partial charge in [0.25, 0.3) is 5.91 Å². The lowest BCUT2D eigenvalue weighted by Gasteiger charge is -2.24. The van der Waals surface area contributed by atoms with Crippen LogP contribution in [0.5, 0.6) is 0 Å². The zero-order chi connectivity index (χ0) is 23.1. The fourth-order valence-electron chi connectivity index (χ4n) is 3.86. The number of fused-ring (bicyclic) bond motifs is 1. The number of nitrogens with one attached hydrogen (secondary N) is 2. The predicted molar refractivity (Wildman–Crippen MR) is 112 cm³/mol. The van der Waals surface area contributed by atoms with E-state index >= 15 is 0 Å². The number of nitrogens with zero attached hydrogens (tertiary/aromatic N) is 1. The van der Waals surface area contributed by atoms with Crippen LogP contribution in [0.3, 0.4) is 0 Å². The number of benzene rings is 3. The molecule has 0 bridgehead atoms. The highest BCUT2D eigenvalue weighted by atomic mass is 19.4. The largest absolute Gasteiger partial charge is 0.418 e. The Morgan fingerprint density at radius 3 is 2.41 bits per heavy atom. The van der Waals surface area contributed by atoms with Gasteiger partial charge in [-0.1, -0.05) is 54.6 Å². The third kappa shape index (κ3) is 3.66. The molecule has 1 fully saturated rings. The van der Waals surface area contributed by atoms with Crippen molar-refractivity contribution in [1.82, 2.24) is 10.2 Å². The third-order valence-electron chi connectivity index (χ3n) is 5.41. The normalized spacial score (nSPS) is 18.7. The van der Waals surface area contributed by atoms with Crippen LogP contribution < -0.4 is 10.6 Å². The number of alkyl halides is 3. The minimum Gasteiger partial charge on any atom is -0.324 e. The molecule has 3 aromatic carbocycles. The van der Waals surface area contributed by atoms with Gasteiger partial charge in [0.05, 0.1) is 11.3 Å². The van der Waals surface area contributed by atoms with E-state index < -0.39 is 47.4 Å². The predicted octanol–water partition coefficient (Wildman–Crippen LogP) is 4.26. The van der Waals surface area contributed by atoms with Gasteiger partial charge in [-0.05, 0) is 35.4 Å². The maximum absolute atomic E-state index is 13.2. The summed E-state index contributed by atoms with van der Waals surface area (Å²) in [5.74, 6) is -1.59. The second-order valence-corrected chi connectivity index (χ2v) is 7.56. The summed E-state index contributed by atoms with van der Waals surface area (Å²) in [4.78, 5) is 38.9. The molecule has 3 aromatic rings. The standard InChI is InChI=1S/C23H18F3N3O3/c1-22(16-11-6-8-14-7-2-3-9-15(14)16)20(31)29(21(32)28-22)13-19(30)27-18-12-5-4-10-17(18)23(24,25)26/h2-12H,13H2,1H3,(H,27,30)(H,28,32). The summed E-state index contributed by atoms with van der Waals surface area (Å²) in [6.07, 6.45) is -4.67. The maximum Gasteiger partial charge on any atom is 0.418 e. The molecule has 1 aliphatic rings. The number of para-hydroxylation sites is 1. The van der Waals surface area contributed by atoms with Crippen LogP contribution in [0, 0.1) is 0 Å². The van der Waals surface area contributed by atoms with Crippen LogP contribution in [-0.4, -0.2) is 29.3 Å². The molecule has 1 aliphatic heterocycles. The van der Waals surface area contributed by atoms with Crippen molar-refractivity contribution < 1.29 is 27.6 Å². The first kappa shape index (κ1) is 21.4. The first-order valence-corrected chi connectivity index (χ1v) is 9.70. The van der Waals surface area contributed by atoms with E-state index in [0.29, 0.717) is 10.5 Å². The summed E-state index contributed by atoms with van der Waals surface area (Å²) in [5, 5.41) is 6.40. The molecule has 1 atom stereocenters. The summed E-state index contributed by atoms with van der Waals surface area (Å²) in [5.41, 5.74) is -2.35. The van der Waals surface area contributed by atoms with Gasteiger partial charge >= 0.3 is 12.2 Å². The maximum atomic E-state index is 13.2. The Kier molecular flexibility index (Phi) is 5.12. The molecule has 0 aromatic heterocycles. The van der Waals surface area contributed by atoms with Gasteiger partial charge in [0.2, 0.25) is 5.91 Å². The van der Waals surface area contributed by atoms with E-state index in [1.54, 1.807) is 18.2 Å². The molecule has 0 saturated carbocycles. The number of rotatable bonds is 4. The van der Waals surface area contributed by atoms with Crippen molar-refractivity contribution in [2.24, 2.45) is 0 Å². The molecule has 1 saturated heterocycles. The topological polar surface area (TPSA) is 78.5 Å². The van der Waals surface area contributed by atoms with E-state index in [-0.39, 0.29) is 0 Å². The lowest BCUT2D eigenvalue weighted by Crippen LogP contribution is -2.42. The molecule has 0 radical (unpaired) electrons. The number of hydrogen-bond donors (Lipinski definition) is 2. The number of anilines is 1. The van der Waals surface area contributed by atoms with Crippen molar-refractivity contribution in [1.29, 1.82) is 0 Å². The molecule has 4 rings (SSSR count). The first-order chi connectivity index (χ1) is 15.1. The Bertz CT molecular complexity index is 1240. The van der Waals surface area contributed by atoms with Crippen molar-refractivity contribution in [3.05, 3.63) is 77.9 Å². The molecule has 0 aliphatic carbocycles. The quantitative estimate of drug-likeness (QED) is 0.594. The Balaban J connectivity index is 1.58. The van der Waals surface area contributed by atoms with Gasteiger partial charge in [0.15, 0.2) is 0 Å². The van der Waals surface area contributed by atoms with Gasteiger partial charge < -0.3 is 10.6 Å². The zero-order valence-electron chi connectivity index (χ0n) is 16.9. The van der Waals surface area contributed by atoms with Crippen LogP contribution in [0.4, 0.5) is 23.7 Å². The fraction of sp³-hybridized carbons (Fsp3) is 0.174. The first-order valence-electron chi connectivity index (χ1n) is 9.70. The summed E-state index contributed by atoms with van der Waals surface area (Å²) in [6, 6.07) is 16.4. The van der Waals surface area contributed by atoms with Crippen LogP contribution in [0.15, 0.2) is 66.7 Å². The van der Waals surface area contributed by atoms with Crippen LogP contribution in [0.25, 0.3) is 10.8 Å². The van der Waals surface area contributed by atoms with E-state index in [0.717, 1.165) is 22.9 Å². The SMILES string of the molecule is CC1(c2cccc3ccccc23)NC(=O)N(CC(=O)Nc2ccccc2C(F)(F)F)C1=O. The van der Waals surface area contributed by atoms with Gasteiger partial charge in [0.1, 0.15) is 12.1 Å². The Labute approximate surface area is 181 Å². The van der Waals surface area contributed by atoms with Crippen LogP contribution in [0.2, 0.25) is 0 Å². The molecule has 0 spiro atoms.